The summed E-state index contributed by atoms with van der Waals surface area (Å²) in [5.41, 5.74) is 0. The van der Waals surface area contributed by atoms with Crippen LogP contribution in [-0.4, -0.2) is 12.6 Å². The van der Waals surface area contributed by atoms with E-state index in [-0.39, 0.29) is 5.97 Å². The Balaban J connectivity index is 2.31. The molecule has 10 heavy (non-hydrogen) atoms. The fraction of sp³-hybridized carbons (Fsp3) is 0.625. The molecule has 1 heterocycles. The van der Waals surface area contributed by atoms with Gasteiger partial charge in [0.1, 0.15) is 0 Å². The standard InChI is InChI=1S/C8H12O2/c1-2-3-7-4-5-10-8(9)6-7/h2,7H,1,3-6H2/t7-/m0/s1. The van der Waals surface area contributed by atoms with E-state index in [1.807, 2.05) is 6.08 Å². The average molecular weight is 140 g/mol. The maximum absolute atomic E-state index is 10.7. The van der Waals surface area contributed by atoms with Gasteiger partial charge in [0.15, 0.2) is 0 Å². The lowest BCUT2D eigenvalue weighted by molar-refractivity contribution is -0.149. The molecule has 1 saturated heterocycles. The van der Waals surface area contributed by atoms with Crippen molar-refractivity contribution in [3.05, 3.63) is 12.7 Å². The zero-order valence-electron chi connectivity index (χ0n) is 6.01. The molecule has 1 aliphatic heterocycles. The summed E-state index contributed by atoms with van der Waals surface area (Å²) in [7, 11) is 0. The number of hydrogen-bond acceptors (Lipinski definition) is 2. The molecule has 1 atom stereocenters. The maximum atomic E-state index is 10.7. The summed E-state index contributed by atoms with van der Waals surface area (Å²) in [5.74, 6) is 0.428. The van der Waals surface area contributed by atoms with Gasteiger partial charge in [0, 0.05) is 6.42 Å². The van der Waals surface area contributed by atoms with E-state index in [1.165, 1.54) is 0 Å². The van der Waals surface area contributed by atoms with Gasteiger partial charge in [-0.15, -0.1) is 6.58 Å². The van der Waals surface area contributed by atoms with E-state index in [2.05, 4.69) is 6.58 Å². The van der Waals surface area contributed by atoms with Crippen molar-refractivity contribution in [2.75, 3.05) is 6.61 Å². The van der Waals surface area contributed by atoms with Gasteiger partial charge in [0.2, 0.25) is 0 Å². The van der Waals surface area contributed by atoms with Crippen LogP contribution < -0.4 is 0 Å². The molecule has 0 aromatic carbocycles. The highest BCUT2D eigenvalue weighted by Gasteiger charge is 2.18. The van der Waals surface area contributed by atoms with Crippen molar-refractivity contribution in [3.63, 3.8) is 0 Å². The first-order chi connectivity index (χ1) is 4.83. The number of carbonyl (C=O) groups is 1. The quantitative estimate of drug-likeness (QED) is 0.429. The van der Waals surface area contributed by atoms with E-state index < -0.39 is 0 Å². The summed E-state index contributed by atoms with van der Waals surface area (Å²) in [5, 5.41) is 0. The number of carbonyl (C=O) groups excluding carboxylic acids is 1. The first kappa shape index (κ1) is 7.32. The summed E-state index contributed by atoms with van der Waals surface area (Å²) in [4.78, 5) is 10.7. The fourth-order valence-corrected chi connectivity index (χ4v) is 1.17. The van der Waals surface area contributed by atoms with Crippen molar-refractivity contribution in [2.45, 2.75) is 19.3 Å². The van der Waals surface area contributed by atoms with E-state index >= 15 is 0 Å². The average Bonchev–Trinajstić information content (AvgIpc) is 1.88. The molecule has 0 saturated carbocycles. The van der Waals surface area contributed by atoms with Crippen LogP contribution in [0.25, 0.3) is 0 Å². The predicted octanol–water partition coefficient (Wildman–Crippen LogP) is 1.52. The maximum Gasteiger partial charge on any atom is 0.306 e. The van der Waals surface area contributed by atoms with Crippen molar-refractivity contribution >= 4 is 5.97 Å². The summed E-state index contributed by atoms with van der Waals surface area (Å²) < 4.78 is 4.78. The fourth-order valence-electron chi connectivity index (χ4n) is 1.17. The van der Waals surface area contributed by atoms with Crippen LogP contribution in [0.3, 0.4) is 0 Å². The third-order valence-electron chi connectivity index (χ3n) is 1.74. The second kappa shape index (κ2) is 3.40. The minimum Gasteiger partial charge on any atom is -0.466 e. The van der Waals surface area contributed by atoms with Crippen molar-refractivity contribution in [2.24, 2.45) is 5.92 Å². The Hall–Kier alpha value is -0.790. The molecule has 56 valence electrons. The first-order valence-corrected chi connectivity index (χ1v) is 3.59. The van der Waals surface area contributed by atoms with Crippen LogP contribution in [0.15, 0.2) is 12.7 Å². The zero-order valence-corrected chi connectivity index (χ0v) is 6.01. The van der Waals surface area contributed by atoms with Gasteiger partial charge in [-0.25, -0.2) is 0 Å². The smallest absolute Gasteiger partial charge is 0.306 e. The van der Waals surface area contributed by atoms with E-state index in [9.17, 15) is 4.79 Å². The minimum atomic E-state index is -0.0573. The van der Waals surface area contributed by atoms with E-state index in [4.69, 9.17) is 4.74 Å². The molecule has 1 aliphatic rings. The molecular formula is C8H12O2. The van der Waals surface area contributed by atoms with Crippen molar-refractivity contribution < 1.29 is 9.53 Å². The number of cyclic esters (lactones) is 1. The van der Waals surface area contributed by atoms with E-state index in [0.717, 1.165) is 12.8 Å². The van der Waals surface area contributed by atoms with Crippen LogP contribution in [0, 0.1) is 5.92 Å². The molecule has 1 rings (SSSR count). The normalized spacial score (nSPS) is 25.6. The summed E-state index contributed by atoms with van der Waals surface area (Å²) in [6, 6.07) is 0. The molecule has 0 radical (unpaired) electrons. The van der Waals surface area contributed by atoms with Crippen molar-refractivity contribution in [1.82, 2.24) is 0 Å². The highest BCUT2D eigenvalue weighted by molar-refractivity contribution is 5.70. The zero-order chi connectivity index (χ0) is 7.40. The third-order valence-corrected chi connectivity index (χ3v) is 1.74. The Labute approximate surface area is 60.9 Å². The second-order valence-electron chi connectivity index (χ2n) is 2.60. The molecule has 2 heteroatoms. The van der Waals surface area contributed by atoms with Gasteiger partial charge < -0.3 is 4.74 Å². The molecule has 0 aromatic heterocycles. The van der Waals surface area contributed by atoms with Gasteiger partial charge in [-0.3, -0.25) is 4.79 Å². The van der Waals surface area contributed by atoms with E-state index in [1.54, 1.807) is 0 Å². The lowest BCUT2D eigenvalue weighted by Crippen LogP contribution is -2.20. The topological polar surface area (TPSA) is 26.3 Å². The molecule has 0 bridgehead atoms. The van der Waals surface area contributed by atoms with Crippen molar-refractivity contribution in [1.29, 1.82) is 0 Å². The molecule has 0 N–H and O–H groups in total. The SMILES string of the molecule is C=CC[C@H]1CCOC(=O)C1. The van der Waals surface area contributed by atoms with Gasteiger partial charge in [0.05, 0.1) is 6.61 Å². The van der Waals surface area contributed by atoms with Crippen LogP contribution in [0.4, 0.5) is 0 Å². The van der Waals surface area contributed by atoms with Crippen molar-refractivity contribution in [3.8, 4) is 0 Å². The second-order valence-corrected chi connectivity index (χ2v) is 2.60. The summed E-state index contributed by atoms with van der Waals surface area (Å²) in [6.07, 6.45) is 4.38. The molecule has 0 unspecified atom stereocenters. The third kappa shape index (κ3) is 1.87. The Bertz CT molecular complexity index is 140. The van der Waals surface area contributed by atoms with Crippen LogP contribution >= 0.6 is 0 Å². The monoisotopic (exact) mass is 140 g/mol. The minimum absolute atomic E-state index is 0.0573. The number of hydrogen-bond donors (Lipinski definition) is 0. The highest BCUT2D eigenvalue weighted by Crippen LogP contribution is 2.18. The largest absolute Gasteiger partial charge is 0.466 e. The first-order valence-electron chi connectivity index (χ1n) is 3.59. The molecule has 0 amide bonds. The molecule has 2 nitrogen and oxygen atoms in total. The number of ether oxygens (including phenoxy) is 1. The lowest BCUT2D eigenvalue weighted by Gasteiger charge is -2.19. The van der Waals surface area contributed by atoms with E-state index in [0.29, 0.717) is 18.9 Å². The molecule has 0 spiro atoms. The highest BCUT2D eigenvalue weighted by atomic mass is 16.5. The van der Waals surface area contributed by atoms with Crippen LogP contribution in [0.5, 0.6) is 0 Å². The van der Waals surface area contributed by atoms with Gasteiger partial charge in [-0.1, -0.05) is 6.08 Å². The summed E-state index contributed by atoms with van der Waals surface area (Å²) in [6.45, 7) is 4.22. The Kier molecular flexibility index (Phi) is 2.49. The van der Waals surface area contributed by atoms with Gasteiger partial charge in [-0.2, -0.15) is 0 Å². The van der Waals surface area contributed by atoms with Crippen LogP contribution in [-0.2, 0) is 9.53 Å². The Morgan fingerprint density at radius 1 is 1.80 bits per heavy atom. The summed E-state index contributed by atoms with van der Waals surface area (Å²) >= 11 is 0. The lowest BCUT2D eigenvalue weighted by atomic mass is 9.96. The van der Waals surface area contributed by atoms with Crippen LogP contribution in [0.1, 0.15) is 19.3 Å². The van der Waals surface area contributed by atoms with Crippen LogP contribution in [0.2, 0.25) is 0 Å². The van der Waals surface area contributed by atoms with Gasteiger partial charge in [-0.05, 0) is 18.8 Å². The predicted molar refractivity (Wildman–Crippen MR) is 38.5 cm³/mol. The number of esters is 1. The molecule has 0 aromatic rings. The molecule has 1 fully saturated rings. The molecular weight excluding hydrogens is 128 g/mol. The number of rotatable bonds is 2. The van der Waals surface area contributed by atoms with Gasteiger partial charge >= 0.3 is 5.97 Å². The molecule has 0 aliphatic carbocycles. The Morgan fingerprint density at radius 3 is 3.20 bits per heavy atom. The Morgan fingerprint density at radius 2 is 2.60 bits per heavy atom. The number of allylic oxidation sites excluding steroid dienone is 1. The van der Waals surface area contributed by atoms with Gasteiger partial charge in [0.25, 0.3) is 0 Å².